The lowest BCUT2D eigenvalue weighted by molar-refractivity contribution is -0.138. The first-order chi connectivity index (χ1) is 13.1. The molecule has 0 spiro atoms. The molecule has 152 valence electrons. The minimum atomic E-state index is -1.23. The fourth-order valence-electron chi connectivity index (χ4n) is 2.37. The molecule has 0 aliphatic carbocycles. The number of ether oxygens (including phenoxy) is 1. The Kier molecular flexibility index (Phi) is 7.29. The second kappa shape index (κ2) is 9.27. The number of aromatic hydroxyl groups is 1. The lowest BCUT2D eigenvalue weighted by Gasteiger charge is -2.16. The molecule has 4 N–H and O–H groups in total. The second-order valence-electron chi connectivity index (χ2n) is 6.32. The number of anilines is 1. The van der Waals surface area contributed by atoms with Crippen molar-refractivity contribution in [3.8, 4) is 17.2 Å². The lowest BCUT2D eigenvalue weighted by Crippen LogP contribution is -2.23. The van der Waals surface area contributed by atoms with Crippen molar-refractivity contribution < 1.29 is 29.2 Å². The largest absolute Gasteiger partial charge is 0.508 e. The van der Waals surface area contributed by atoms with Gasteiger partial charge in [0.1, 0.15) is 21.5 Å². The normalized spacial score (nSPS) is 12.1. The van der Waals surface area contributed by atoms with Crippen LogP contribution < -0.4 is 10.1 Å². The maximum Gasteiger partial charge on any atom is 0.306 e. The summed E-state index contributed by atoms with van der Waals surface area (Å²) < 4.78 is 19.7. The Labute approximate surface area is 170 Å². The molecular formula is C18H19Cl2FN2O5. The van der Waals surface area contributed by atoms with E-state index in [2.05, 4.69) is 10.3 Å². The van der Waals surface area contributed by atoms with Crippen molar-refractivity contribution >= 4 is 35.0 Å². The summed E-state index contributed by atoms with van der Waals surface area (Å²) in [5, 5.41) is 30.2. The number of carbonyl (C=O) groups is 1. The highest BCUT2D eigenvalue weighted by Gasteiger charge is 2.21. The molecule has 10 heteroatoms. The van der Waals surface area contributed by atoms with Crippen LogP contribution >= 0.6 is 23.2 Å². The molecule has 28 heavy (non-hydrogen) atoms. The van der Waals surface area contributed by atoms with E-state index in [9.17, 15) is 19.4 Å². The fraction of sp³-hybridized carbons (Fsp3) is 0.333. The maximum atomic E-state index is 14.1. The van der Waals surface area contributed by atoms with Crippen molar-refractivity contribution in [2.45, 2.75) is 32.3 Å². The van der Waals surface area contributed by atoms with Crippen molar-refractivity contribution in [1.29, 1.82) is 0 Å². The number of nitrogens with zero attached hydrogens (tertiary/aromatic N) is 1. The van der Waals surface area contributed by atoms with Gasteiger partial charge in [0.05, 0.1) is 12.5 Å². The molecule has 0 radical (unpaired) electrons. The van der Waals surface area contributed by atoms with Crippen molar-refractivity contribution in [3.05, 3.63) is 39.8 Å². The molecule has 0 amide bonds. The first-order valence-electron chi connectivity index (χ1n) is 8.29. The molecule has 1 unspecified atom stereocenters. The van der Waals surface area contributed by atoms with Crippen LogP contribution in [0.5, 0.6) is 17.2 Å². The minimum absolute atomic E-state index is 0.0108. The molecule has 0 aliphatic heterocycles. The van der Waals surface area contributed by atoms with Gasteiger partial charge in [-0.1, -0.05) is 37.0 Å². The van der Waals surface area contributed by atoms with E-state index < -0.39 is 29.5 Å². The summed E-state index contributed by atoms with van der Waals surface area (Å²) in [5.74, 6) is -2.23. The van der Waals surface area contributed by atoms with Gasteiger partial charge in [-0.05, 0) is 24.1 Å². The molecule has 0 bridgehead atoms. The number of pyridine rings is 1. The number of nitrogens with one attached hydrogen (secondary N) is 1. The zero-order valence-corrected chi connectivity index (χ0v) is 16.6. The monoisotopic (exact) mass is 432 g/mol. The highest BCUT2D eigenvalue weighted by Crippen LogP contribution is 2.42. The molecule has 2 aromatic rings. The van der Waals surface area contributed by atoms with Gasteiger partial charge < -0.3 is 25.4 Å². The molecule has 0 saturated carbocycles. The third-order valence-electron chi connectivity index (χ3n) is 3.75. The van der Waals surface area contributed by atoms with Gasteiger partial charge in [0.25, 0.3) is 0 Å². The third-order valence-corrected chi connectivity index (χ3v) is 4.43. The van der Waals surface area contributed by atoms with Gasteiger partial charge in [0.2, 0.25) is 5.95 Å². The summed E-state index contributed by atoms with van der Waals surface area (Å²) >= 11 is 12.1. The minimum Gasteiger partial charge on any atom is -0.508 e. The van der Waals surface area contributed by atoms with Crippen LogP contribution in [0.1, 0.15) is 31.7 Å². The van der Waals surface area contributed by atoms with Crippen LogP contribution in [0.25, 0.3) is 0 Å². The van der Waals surface area contributed by atoms with E-state index in [1.165, 1.54) is 12.1 Å². The predicted octanol–water partition coefficient (Wildman–Crippen LogP) is 4.40. The fourth-order valence-corrected chi connectivity index (χ4v) is 2.83. The SMILES string of the molecule is CC(C)c1cc(Oc2c(Cl)c(F)nc(NCC(O)CC(=O)O)c2Cl)ccc1O. The number of rotatable bonds is 8. The number of aliphatic carboxylic acids is 1. The molecule has 7 nitrogen and oxygen atoms in total. The molecule has 1 aromatic carbocycles. The number of benzene rings is 1. The Morgan fingerprint density at radius 2 is 2.00 bits per heavy atom. The third kappa shape index (κ3) is 5.37. The van der Waals surface area contributed by atoms with Crippen molar-refractivity contribution in [2.24, 2.45) is 0 Å². The molecule has 0 aliphatic rings. The van der Waals surface area contributed by atoms with E-state index in [1.807, 2.05) is 13.8 Å². The van der Waals surface area contributed by atoms with Crippen molar-refractivity contribution in [3.63, 3.8) is 0 Å². The van der Waals surface area contributed by atoms with E-state index in [0.29, 0.717) is 5.56 Å². The first-order valence-corrected chi connectivity index (χ1v) is 9.04. The highest BCUT2D eigenvalue weighted by molar-refractivity contribution is 6.38. The van der Waals surface area contributed by atoms with Gasteiger partial charge in [0, 0.05) is 12.1 Å². The number of phenolic OH excluding ortho intramolecular Hbond substituents is 1. The summed E-state index contributed by atoms with van der Waals surface area (Å²) in [6.45, 7) is 3.54. The summed E-state index contributed by atoms with van der Waals surface area (Å²) in [6.07, 6.45) is -1.74. The Hall–Kier alpha value is -2.29. The standard InChI is InChI=1S/C18H19Cl2FN2O5/c1-8(2)11-6-10(3-4-12(11)25)28-16-14(19)17(21)23-18(15(16)20)22-7-9(24)5-13(26)27/h3-4,6,8-9,24-25H,5,7H2,1-2H3,(H,22,23)(H,26,27). The topological polar surface area (TPSA) is 112 Å². The molecule has 1 heterocycles. The Morgan fingerprint density at radius 1 is 1.32 bits per heavy atom. The summed E-state index contributed by atoms with van der Waals surface area (Å²) in [4.78, 5) is 14.2. The Bertz CT molecular complexity index is 880. The predicted molar refractivity (Wildman–Crippen MR) is 103 cm³/mol. The van der Waals surface area contributed by atoms with E-state index in [-0.39, 0.29) is 40.6 Å². The van der Waals surface area contributed by atoms with Crippen molar-refractivity contribution in [1.82, 2.24) is 4.98 Å². The summed E-state index contributed by atoms with van der Waals surface area (Å²) in [7, 11) is 0. The van der Waals surface area contributed by atoms with Gasteiger partial charge in [-0.2, -0.15) is 9.37 Å². The van der Waals surface area contributed by atoms with E-state index in [0.717, 1.165) is 0 Å². The average molecular weight is 433 g/mol. The van der Waals surface area contributed by atoms with E-state index >= 15 is 0 Å². The number of halogens is 3. The summed E-state index contributed by atoms with van der Waals surface area (Å²) in [5.41, 5.74) is 0.620. The first kappa shape index (κ1) is 22.0. The van der Waals surface area contributed by atoms with Gasteiger partial charge >= 0.3 is 5.97 Å². The summed E-state index contributed by atoms with van der Waals surface area (Å²) in [6, 6.07) is 4.48. The van der Waals surface area contributed by atoms with E-state index in [1.54, 1.807) is 6.07 Å². The number of aromatic nitrogens is 1. The number of carboxylic acids is 1. The van der Waals surface area contributed by atoms with Gasteiger partial charge in [-0.15, -0.1) is 0 Å². The average Bonchev–Trinajstić information content (AvgIpc) is 2.61. The molecular weight excluding hydrogens is 414 g/mol. The molecule has 1 atom stereocenters. The van der Waals surface area contributed by atoms with Crippen LogP contribution in [0.15, 0.2) is 18.2 Å². The number of phenols is 1. The molecule has 0 saturated heterocycles. The number of aliphatic hydroxyl groups is 1. The molecule has 2 rings (SSSR count). The van der Waals surface area contributed by atoms with Gasteiger partial charge in [-0.25, -0.2) is 0 Å². The number of aliphatic hydroxyl groups excluding tert-OH is 1. The van der Waals surface area contributed by atoms with Crippen LogP contribution in [-0.2, 0) is 4.79 Å². The lowest BCUT2D eigenvalue weighted by atomic mass is 10.0. The smallest absolute Gasteiger partial charge is 0.306 e. The maximum absolute atomic E-state index is 14.1. The Morgan fingerprint density at radius 3 is 2.61 bits per heavy atom. The second-order valence-corrected chi connectivity index (χ2v) is 7.07. The Balaban J connectivity index is 2.31. The highest BCUT2D eigenvalue weighted by atomic mass is 35.5. The zero-order valence-electron chi connectivity index (χ0n) is 15.0. The number of hydrogen-bond acceptors (Lipinski definition) is 6. The van der Waals surface area contributed by atoms with Crippen LogP contribution in [0, 0.1) is 5.95 Å². The van der Waals surface area contributed by atoms with Crippen LogP contribution in [0.3, 0.4) is 0 Å². The molecule has 1 aromatic heterocycles. The quantitative estimate of drug-likeness (QED) is 0.457. The number of hydrogen-bond donors (Lipinski definition) is 4. The van der Waals surface area contributed by atoms with Crippen LogP contribution in [0.4, 0.5) is 10.2 Å². The van der Waals surface area contributed by atoms with Gasteiger partial charge in [-0.3, -0.25) is 4.79 Å². The van der Waals surface area contributed by atoms with Crippen LogP contribution in [0.2, 0.25) is 10.0 Å². The number of carboxylic acid groups (broad SMARTS) is 1. The van der Waals surface area contributed by atoms with E-state index in [4.69, 9.17) is 33.0 Å². The van der Waals surface area contributed by atoms with Crippen molar-refractivity contribution in [2.75, 3.05) is 11.9 Å². The zero-order chi connectivity index (χ0) is 21.0. The van der Waals surface area contributed by atoms with Crippen LogP contribution in [-0.4, -0.2) is 38.9 Å². The van der Waals surface area contributed by atoms with Gasteiger partial charge in [0.15, 0.2) is 11.6 Å². The molecule has 0 fully saturated rings.